The zero-order valence-electron chi connectivity index (χ0n) is 15.2. The maximum atomic E-state index is 12.4. The first-order chi connectivity index (χ1) is 11.2. The molecule has 2 atom stereocenters. The van der Waals surface area contributed by atoms with Crippen LogP contribution in [0, 0.1) is 11.3 Å². The minimum absolute atomic E-state index is 0.0991. The van der Waals surface area contributed by atoms with Crippen LogP contribution in [0.1, 0.15) is 45.7 Å². The second-order valence-corrected chi connectivity index (χ2v) is 7.59. The molecule has 0 saturated carbocycles. The number of carbonyl (C=O) groups is 1. The molecule has 1 saturated heterocycles. The van der Waals surface area contributed by atoms with E-state index in [-0.39, 0.29) is 18.2 Å². The molecule has 2 rings (SSSR count). The SMILES string of the molecule is CC1CN(Cc2ccc(C#N)cc2)CC(C)N1C(=O)OC(C)(C)C. The largest absolute Gasteiger partial charge is 0.444 e. The van der Waals surface area contributed by atoms with Gasteiger partial charge in [0.05, 0.1) is 11.6 Å². The van der Waals surface area contributed by atoms with Gasteiger partial charge in [-0.1, -0.05) is 12.1 Å². The number of nitrogens with zero attached hydrogens (tertiary/aromatic N) is 3. The Kier molecular flexibility index (Phi) is 5.51. The highest BCUT2D eigenvalue weighted by Crippen LogP contribution is 2.21. The van der Waals surface area contributed by atoms with Crippen molar-refractivity contribution in [3.8, 4) is 6.07 Å². The van der Waals surface area contributed by atoms with Gasteiger partial charge in [0, 0.05) is 31.7 Å². The first kappa shape index (κ1) is 18.3. The Labute approximate surface area is 144 Å². The smallest absolute Gasteiger partial charge is 0.410 e. The van der Waals surface area contributed by atoms with Crippen molar-refractivity contribution in [1.29, 1.82) is 5.26 Å². The van der Waals surface area contributed by atoms with Gasteiger partial charge in [0.15, 0.2) is 0 Å². The predicted octanol–water partition coefficient (Wildman–Crippen LogP) is 3.39. The fourth-order valence-electron chi connectivity index (χ4n) is 3.18. The molecule has 0 aromatic heterocycles. The van der Waals surface area contributed by atoms with Crippen LogP contribution in [0.3, 0.4) is 0 Å². The maximum absolute atomic E-state index is 12.4. The molecule has 5 heteroatoms. The quantitative estimate of drug-likeness (QED) is 0.834. The Morgan fingerprint density at radius 1 is 1.21 bits per heavy atom. The summed E-state index contributed by atoms with van der Waals surface area (Å²) in [5.41, 5.74) is 1.38. The minimum atomic E-state index is -0.476. The van der Waals surface area contributed by atoms with E-state index in [9.17, 15) is 4.79 Å². The lowest BCUT2D eigenvalue weighted by molar-refractivity contribution is -0.0162. The Morgan fingerprint density at radius 3 is 2.21 bits per heavy atom. The van der Waals surface area contributed by atoms with E-state index in [1.165, 1.54) is 5.56 Å². The summed E-state index contributed by atoms with van der Waals surface area (Å²) in [7, 11) is 0. The standard InChI is InChI=1S/C19H27N3O2/c1-14-11-21(13-17-8-6-16(10-20)7-9-17)12-15(2)22(14)18(23)24-19(3,4)5/h6-9,14-15H,11-13H2,1-5H3. The van der Waals surface area contributed by atoms with Crippen molar-refractivity contribution in [2.45, 2.75) is 58.8 Å². The van der Waals surface area contributed by atoms with Crippen LogP contribution in [0.4, 0.5) is 4.79 Å². The lowest BCUT2D eigenvalue weighted by Gasteiger charge is -2.44. The molecule has 1 aliphatic heterocycles. The summed E-state index contributed by atoms with van der Waals surface area (Å²) in [6.45, 7) is 12.2. The van der Waals surface area contributed by atoms with Crippen molar-refractivity contribution < 1.29 is 9.53 Å². The molecule has 1 amide bonds. The van der Waals surface area contributed by atoms with Crippen LogP contribution in [0.2, 0.25) is 0 Å². The van der Waals surface area contributed by atoms with Gasteiger partial charge in [-0.25, -0.2) is 4.79 Å². The molecular weight excluding hydrogens is 302 g/mol. The van der Waals surface area contributed by atoms with Crippen LogP contribution in [-0.2, 0) is 11.3 Å². The van der Waals surface area contributed by atoms with Crippen molar-refractivity contribution in [2.75, 3.05) is 13.1 Å². The van der Waals surface area contributed by atoms with Crippen molar-refractivity contribution >= 4 is 6.09 Å². The summed E-state index contributed by atoms with van der Waals surface area (Å²) in [6.07, 6.45) is -0.236. The molecular formula is C19H27N3O2. The normalized spacial score (nSPS) is 22.1. The molecule has 0 bridgehead atoms. The number of amides is 1. The molecule has 0 aliphatic carbocycles. The van der Waals surface area contributed by atoms with Crippen LogP contribution >= 0.6 is 0 Å². The lowest BCUT2D eigenvalue weighted by atomic mass is 10.1. The molecule has 0 radical (unpaired) electrons. The molecule has 24 heavy (non-hydrogen) atoms. The maximum Gasteiger partial charge on any atom is 0.410 e. The van der Waals surface area contributed by atoms with Crippen molar-refractivity contribution in [3.05, 3.63) is 35.4 Å². The van der Waals surface area contributed by atoms with E-state index in [4.69, 9.17) is 10.00 Å². The van der Waals surface area contributed by atoms with Crippen molar-refractivity contribution in [1.82, 2.24) is 9.80 Å². The van der Waals surface area contributed by atoms with E-state index < -0.39 is 5.60 Å². The Hall–Kier alpha value is -2.06. The van der Waals surface area contributed by atoms with Crippen molar-refractivity contribution in [2.24, 2.45) is 0 Å². The first-order valence-corrected chi connectivity index (χ1v) is 8.42. The minimum Gasteiger partial charge on any atom is -0.444 e. The molecule has 1 aromatic carbocycles. The summed E-state index contributed by atoms with van der Waals surface area (Å²) < 4.78 is 5.53. The van der Waals surface area contributed by atoms with Gasteiger partial charge in [-0.2, -0.15) is 5.26 Å². The number of benzene rings is 1. The van der Waals surface area contributed by atoms with E-state index in [1.54, 1.807) is 0 Å². The summed E-state index contributed by atoms with van der Waals surface area (Å²) >= 11 is 0. The van der Waals surface area contributed by atoms with Gasteiger partial charge in [0.1, 0.15) is 5.60 Å². The number of rotatable bonds is 2. The number of carbonyl (C=O) groups excluding carboxylic acids is 1. The Balaban J connectivity index is 1.99. The van der Waals surface area contributed by atoms with Crippen molar-refractivity contribution in [3.63, 3.8) is 0 Å². The Bertz CT molecular complexity index is 601. The van der Waals surface area contributed by atoms with Gasteiger partial charge in [-0.15, -0.1) is 0 Å². The monoisotopic (exact) mass is 329 g/mol. The van der Waals surface area contributed by atoms with Crippen LogP contribution in [-0.4, -0.2) is 46.7 Å². The number of hydrogen-bond donors (Lipinski definition) is 0. The molecule has 5 nitrogen and oxygen atoms in total. The summed E-state index contributed by atoms with van der Waals surface area (Å²) in [6, 6.07) is 10.0. The number of ether oxygens (including phenoxy) is 1. The molecule has 0 N–H and O–H groups in total. The van der Waals surface area contributed by atoms with E-state index in [0.717, 1.165) is 19.6 Å². The first-order valence-electron chi connectivity index (χ1n) is 8.42. The summed E-state index contributed by atoms with van der Waals surface area (Å²) in [5, 5.41) is 8.87. The van der Waals surface area contributed by atoms with E-state index in [1.807, 2.05) is 49.9 Å². The third-order valence-corrected chi connectivity index (χ3v) is 4.09. The number of piperazine rings is 1. The molecule has 0 spiro atoms. The third kappa shape index (κ3) is 4.72. The second kappa shape index (κ2) is 7.23. The van der Waals surface area contributed by atoms with Gasteiger partial charge in [0.2, 0.25) is 0 Å². The van der Waals surface area contributed by atoms with Crippen LogP contribution < -0.4 is 0 Å². The highest BCUT2D eigenvalue weighted by Gasteiger charge is 2.35. The number of nitriles is 1. The summed E-state index contributed by atoms with van der Waals surface area (Å²) in [4.78, 5) is 16.6. The molecule has 2 unspecified atom stereocenters. The fourth-order valence-corrected chi connectivity index (χ4v) is 3.18. The van der Waals surface area contributed by atoms with Crippen LogP contribution in [0.5, 0.6) is 0 Å². The topological polar surface area (TPSA) is 56.6 Å². The third-order valence-electron chi connectivity index (χ3n) is 4.09. The Morgan fingerprint density at radius 2 is 1.75 bits per heavy atom. The van der Waals surface area contributed by atoms with E-state index in [2.05, 4.69) is 24.8 Å². The fraction of sp³-hybridized carbons (Fsp3) is 0.579. The van der Waals surface area contributed by atoms with E-state index in [0.29, 0.717) is 5.56 Å². The zero-order valence-corrected chi connectivity index (χ0v) is 15.2. The molecule has 1 aromatic rings. The highest BCUT2D eigenvalue weighted by molar-refractivity contribution is 5.69. The highest BCUT2D eigenvalue weighted by atomic mass is 16.6. The average Bonchev–Trinajstić information content (AvgIpc) is 2.45. The summed E-state index contributed by atoms with van der Waals surface area (Å²) in [5.74, 6) is 0. The zero-order chi connectivity index (χ0) is 17.9. The average molecular weight is 329 g/mol. The predicted molar refractivity (Wildman–Crippen MR) is 93.4 cm³/mol. The van der Waals surface area contributed by atoms with Crippen LogP contribution in [0.25, 0.3) is 0 Å². The lowest BCUT2D eigenvalue weighted by Crippen LogP contribution is -2.59. The molecule has 130 valence electrons. The van der Waals surface area contributed by atoms with Gasteiger partial charge < -0.3 is 9.64 Å². The van der Waals surface area contributed by atoms with Crippen LogP contribution in [0.15, 0.2) is 24.3 Å². The molecule has 1 aliphatic rings. The van der Waals surface area contributed by atoms with E-state index >= 15 is 0 Å². The molecule has 1 fully saturated rings. The number of hydrogen-bond acceptors (Lipinski definition) is 4. The second-order valence-electron chi connectivity index (χ2n) is 7.59. The van der Waals surface area contributed by atoms with Gasteiger partial charge in [-0.3, -0.25) is 4.90 Å². The van der Waals surface area contributed by atoms with Gasteiger partial charge >= 0.3 is 6.09 Å². The van der Waals surface area contributed by atoms with Gasteiger partial charge in [-0.05, 0) is 52.3 Å². The van der Waals surface area contributed by atoms with Gasteiger partial charge in [0.25, 0.3) is 0 Å². The molecule has 1 heterocycles.